The average Bonchev–Trinajstić information content (AvgIpc) is 2.88. The van der Waals surface area contributed by atoms with Gasteiger partial charge in [-0.25, -0.2) is 8.42 Å². The minimum atomic E-state index is -4.55. The summed E-state index contributed by atoms with van der Waals surface area (Å²) in [5, 5.41) is 0.787. The topological polar surface area (TPSA) is 37.4 Å². The fraction of sp³-hybridized carbons (Fsp3) is 0.538. The molecule has 0 aliphatic carbocycles. The molecule has 1 aromatic carbocycles. The molecule has 118 valence electrons. The van der Waals surface area contributed by atoms with Gasteiger partial charge in [-0.3, -0.25) is 0 Å². The lowest BCUT2D eigenvalue weighted by atomic mass is 10.1. The second-order valence-electron chi connectivity index (χ2n) is 5.02. The SMILES string of the molecule is O=S(=O)(c1cccc(C(F)(F)F)c1)N1CCC(CCBr)C1. The molecule has 1 aliphatic heterocycles. The first kappa shape index (κ1) is 16.8. The molecule has 2 rings (SSSR count). The molecule has 0 N–H and O–H groups in total. The lowest BCUT2D eigenvalue weighted by Gasteiger charge is -2.17. The third-order valence-electron chi connectivity index (χ3n) is 3.57. The second-order valence-corrected chi connectivity index (χ2v) is 7.75. The van der Waals surface area contributed by atoms with Gasteiger partial charge < -0.3 is 0 Å². The lowest BCUT2D eigenvalue weighted by Crippen LogP contribution is -2.29. The fourth-order valence-corrected chi connectivity index (χ4v) is 4.61. The number of hydrogen-bond acceptors (Lipinski definition) is 2. The third-order valence-corrected chi connectivity index (χ3v) is 5.88. The molecule has 0 saturated carbocycles. The Labute approximate surface area is 130 Å². The highest BCUT2D eigenvalue weighted by Gasteiger charge is 2.35. The Kier molecular flexibility index (Phi) is 4.99. The Morgan fingerprint density at radius 1 is 1.33 bits per heavy atom. The minimum Gasteiger partial charge on any atom is -0.207 e. The maximum atomic E-state index is 12.7. The molecular formula is C13H15BrF3NO2S. The predicted octanol–water partition coefficient (Wildman–Crippen LogP) is 3.50. The van der Waals surface area contributed by atoms with E-state index in [-0.39, 0.29) is 10.8 Å². The molecule has 1 aromatic rings. The highest BCUT2D eigenvalue weighted by Crippen LogP contribution is 2.32. The quantitative estimate of drug-likeness (QED) is 0.743. The minimum absolute atomic E-state index is 0.255. The van der Waals surface area contributed by atoms with E-state index in [0.717, 1.165) is 30.3 Å². The summed E-state index contributed by atoms with van der Waals surface area (Å²) in [6.07, 6.45) is -2.95. The maximum absolute atomic E-state index is 12.7. The molecule has 0 spiro atoms. The van der Waals surface area contributed by atoms with Crippen LogP contribution in [0, 0.1) is 5.92 Å². The van der Waals surface area contributed by atoms with E-state index in [1.807, 2.05) is 0 Å². The summed E-state index contributed by atoms with van der Waals surface area (Å²) < 4.78 is 64.1. The van der Waals surface area contributed by atoms with Crippen molar-refractivity contribution in [1.82, 2.24) is 4.31 Å². The van der Waals surface area contributed by atoms with Gasteiger partial charge in [0.2, 0.25) is 10.0 Å². The van der Waals surface area contributed by atoms with E-state index in [1.54, 1.807) is 0 Å². The molecule has 1 aliphatic rings. The first-order valence-corrected chi connectivity index (χ1v) is 9.04. The molecule has 0 aromatic heterocycles. The van der Waals surface area contributed by atoms with Crippen LogP contribution in [0.4, 0.5) is 13.2 Å². The first-order valence-electron chi connectivity index (χ1n) is 6.48. The zero-order valence-electron chi connectivity index (χ0n) is 11.1. The van der Waals surface area contributed by atoms with Gasteiger partial charge in [0.15, 0.2) is 0 Å². The van der Waals surface area contributed by atoms with E-state index in [4.69, 9.17) is 0 Å². The van der Waals surface area contributed by atoms with Crippen molar-refractivity contribution in [1.29, 1.82) is 0 Å². The second kappa shape index (κ2) is 6.26. The number of nitrogens with zero attached hydrogens (tertiary/aromatic N) is 1. The summed E-state index contributed by atoms with van der Waals surface area (Å²) in [5.74, 6) is 0.255. The number of hydrogen-bond donors (Lipinski definition) is 0. The summed E-state index contributed by atoms with van der Waals surface area (Å²) in [6.45, 7) is 0.723. The molecular weight excluding hydrogens is 371 g/mol. The highest BCUT2D eigenvalue weighted by atomic mass is 79.9. The van der Waals surface area contributed by atoms with E-state index < -0.39 is 21.8 Å². The smallest absolute Gasteiger partial charge is 0.207 e. The molecule has 8 heteroatoms. The summed E-state index contributed by atoms with van der Waals surface area (Å²) in [6, 6.07) is 3.91. The Hall–Kier alpha value is -0.600. The molecule has 21 heavy (non-hydrogen) atoms. The van der Waals surface area contributed by atoms with Crippen LogP contribution in [0.25, 0.3) is 0 Å². The Bertz CT molecular complexity index is 604. The summed E-state index contributed by atoms with van der Waals surface area (Å²) in [7, 11) is -3.85. The van der Waals surface area contributed by atoms with Gasteiger partial charge in [-0.2, -0.15) is 17.5 Å². The number of halogens is 4. The number of alkyl halides is 4. The van der Waals surface area contributed by atoms with Crippen LogP contribution in [0.5, 0.6) is 0 Å². The zero-order valence-corrected chi connectivity index (χ0v) is 13.5. The molecule has 1 fully saturated rings. The molecule has 0 radical (unpaired) electrons. The largest absolute Gasteiger partial charge is 0.416 e. The molecule has 1 saturated heterocycles. The van der Waals surface area contributed by atoms with Gasteiger partial charge in [-0.15, -0.1) is 0 Å². The normalized spacial score (nSPS) is 20.9. The van der Waals surface area contributed by atoms with Crippen LogP contribution < -0.4 is 0 Å². The van der Waals surface area contributed by atoms with E-state index in [1.165, 1.54) is 10.4 Å². The van der Waals surface area contributed by atoms with Crippen molar-refractivity contribution < 1.29 is 21.6 Å². The van der Waals surface area contributed by atoms with E-state index in [9.17, 15) is 21.6 Å². The van der Waals surface area contributed by atoms with Crippen LogP contribution in [0.3, 0.4) is 0 Å². The van der Waals surface area contributed by atoms with Crippen molar-refractivity contribution >= 4 is 26.0 Å². The number of benzene rings is 1. The van der Waals surface area contributed by atoms with Gasteiger partial charge in [0.05, 0.1) is 10.5 Å². The number of sulfonamides is 1. The van der Waals surface area contributed by atoms with Crippen molar-refractivity contribution in [3.63, 3.8) is 0 Å². The zero-order chi connectivity index (χ0) is 15.7. The maximum Gasteiger partial charge on any atom is 0.416 e. The molecule has 1 heterocycles. The average molecular weight is 386 g/mol. The van der Waals surface area contributed by atoms with Gasteiger partial charge in [-0.1, -0.05) is 22.0 Å². The summed E-state index contributed by atoms with van der Waals surface area (Å²) in [5.41, 5.74) is -0.945. The van der Waals surface area contributed by atoms with Gasteiger partial charge in [0.1, 0.15) is 0 Å². The van der Waals surface area contributed by atoms with Crippen LogP contribution in [-0.2, 0) is 16.2 Å². The first-order chi connectivity index (χ1) is 9.75. The Morgan fingerprint density at radius 2 is 2.05 bits per heavy atom. The van der Waals surface area contributed by atoms with Crippen molar-refractivity contribution in [3.8, 4) is 0 Å². The van der Waals surface area contributed by atoms with Gasteiger partial charge in [-0.05, 0) is 37.0 Å². The van der Waals surface area contributed by atoms with Gasteiger partial charge in [0.25, 0.3) is 0 Å². The number of rotatable bonds is 4. The van der Waals surface area contributed by atoms with Crippen molar-refractivity contribution in [2.75, 3.05) is 18.4 Å². The van der Waals surface area contributed by atoms with Gasteiger partial charge >= 0.3 is 6.18 Å². The van der Waals surface area contributed by atoms with E-state index >= 15 is 0 Å². The molecule has 1 atom stereocenters. The van der Waals surface area contributed by atoms with Crippen molar-refractivity contribution in [3.05, 3.63) is 29.8 Å². The predicted molar refractivity (Wildman–Crippen MR) is 76.7 cm³/mol. The highest BCUT2D eigenvalue weighted by molar-refractivity contribution is 9.09. The molecule has 0 bridgehead atoms. The summed E-state index contributed by atoms with van der Waals surface area (Å²) >= 11 is 3.31. The summed E-state index contributed by atoms with van der Waals surface area (Å²) in [4.78, 5) is -0.295. The van der Waals surface area contributed by atoms with Crippen LogP contribution in [0.15, 0.2) is 29.2 Å². The van der Waals surface area contributed by atoms with Crippen LogP contribution >= 0.6 is 15.9 Å². The van der Waals surface area contributed by atoms with Crippen LogP contribution in [0.2, 0.25) is 0 Å². The van der Waals surface area contributed by atoms with Crippen LogP contribution in [-0.4, -0.2) is 31.1 Å². The third kappa shape index (κ3) is 3.78. The van der Waals surface area contributed by atoms with E-state index in [0.29, 0.717) is 19.2 Å². The standard InChI is InChI=1S/C13H15BrF3NO2S/c14-6-4-10-5-7-18(9-10)21(19,20)12-3-1-2-11(8-12)13(15,16)17/h1-3,8,10H,4-7,9H2. The molecule has 0 amide bonds. The fourth-order valence-electron chi connectivity index (χ4n) is 2.39. The van der Waals surface area contributed by atoms with Crippen molar-refractivity contribution in [2.24, 2.45) is 5.92 Å². The van der Waals surface area contributed by atoms with E-state index in [2.05, 4.69) is 15.9 Å². The van der Waals surface area contributed by atoms with Gasteiger partial charge in [0, 0.05) is 18.4 Å². The molecule has 1 unspecified atom stereocenters. The van der Waals surface area contributed by atoms with Crippen LogP contribution in [0.1, 0.15) is 18.4 Å². The van der Waals surface area contributed by atoms with Crippen molar-refractivity contribution in [2.45, 2.75) is 23.9 Å². The lowest BCUT2D eigenvalue weighted by molar-refractivity contribution is -0.137. The Morgan fingerprint density at radius 3 is 2.67 bits per heavy atom. The molecule has 3 nitrogen and oxygen atoms in total. The Balaban J connectivity index is 2.25. The monoisotopic (exact) mass is 385 g/mol.